The lowest BCUT2D eigenvalue weighted by molar-refractivity contribution is 0.173. The highest BCUT2D eigenvalue weighted by molar-refractivity contribution is 7.07. The Morgan fingerprint density at radius 2 is 1.92 bits per heavy atom. The Bertz CT molecular complexity index is 797. The molecule has 0 fully saturated rings. The molecule has 1 atom stereocenters. The van der Waals surface area contributed by atoms with Crippen molar-refractivity contribution in [2.75, 3.05) is 13.1 Å². The van der Waals surface area contributed by atoms with Crippen molar-refractivity contribution in [2.45, 2.75) is 12.5 Å². The van der Waals surface area contributed by atoms with E-state index in [0.717, 1.165) is 12.0 Å². The molecule has 0 bridgehead atoms. The number of urea groups is 1. The number of fused-ring (bicyclic) bond motifs is 1. The van der Waals surface area contributed by atoms with Crippen molar-refractivity contribution in [3.05, 3.63) is 70.4 Å². The van der Waals surface area contributed by atoms with Crippen molar-refractivity contribution in [1.29, 1.82) is 0 Å². The number of benzene rings is 2. The van der Waals surface area contributed by atoms with Crippen LogP contribution in [0.2, 0.25) is 0 Å². The zero-order valence-electron chi connectivity index (χ0n) is 13.2. The molecule has 1 heterocycles. The number of carbonyl (C=O) groups excluding carboxylic acids is 1. The molecular formula is C19H20N2O2S. The maximum absolute atomic E-state index is 11.8. The number of nitrogens with one attached hydrogen (secondary N) is 2. The smallest absolute Gasteiger partial charge is 0.314 e. The predicted molar refractivity (Wildman–Crippen MR) is 98.3 cm³/mol. The number of amides is 2. The molecule has 0 aliphatic heterocycles. The number of aliphatic hydroxyl groups excluding tert-OH is 1. The van der Waals surface area contributed by atoms with E-state index in [0.29, 0.717) is 6.54 Å². The first-order valence-corrected chi connectivity index (χ1v) is 8.87. The number of rotatable bonds is 6. The standard InChI is InChI=1S/C19H20N2O2S/c22-18(16-9-11-24-13-16)12-21-19(23)20-10-8-15-6-3-5-14-4-1-2-7-17(14)15/h1-7,9,11,13,18,22H,8,10,12H2,(H2,20,21,23). The third kappa shape index (κ3) is 4.13. The summed E-state index contributed by atoms with van der Waals surface area (Å²) in [6.07, 6.45) is 0.0991. The molecule has 2 amide bonds. The Labute approximate surface area is 145 Å². The molecule has 0 saturated heterocycles. The Morgan fingerprint density at radius 1 is 1.08 bits per heavy atom. The van der Waals surface area contributed by atoms with Crippen LogP contribution < -0.4 is 10.6 Å². The van der Waals surface area contributed by atoms with Gasteiger partial charge in [-0.25, -0.2) is 4.79 Å². The molecule has 0 spiro atoms. The fourth-order valence-corrected chi connectivity index (χ4v) is 3.36. The van der Waals surface area contributed by atoms with Crippen LogP contribution in [0, 0.1) is 0 Å². The van der Waals surface area contributed by atoms with Crippen molar-refractivity contribution >= 4 is 28.1 Å². The molecule has 0 radical (unpaired) electrons. The molecule has 4 nitrogen and oxygen atoms in total. The van der Waals surface area contributed by atoms with Crippen LogP contribution in [0.4, 0.5) is 4.79 Å². The maximum Gasteiger partial charge on any atom is 0.314 e. The van der Waals surface area contributed by atoms with Crippen LogP contribution in [-0.2, 0) is 6.42 Å². The van der Waals surface area contributed by atoms with Gasteiger partial charge in [-0.3, -0.25) is 0 Å². The van der Waals surface area contributed by atoms with Gasteiger partial charge in [0.05, 0.1) is 6.10 Å². The second-order valence-electron chi connectivity index (χ2n) is 5.60. The van der Waals surface area contributed by atoms with Crippen LogP contribution in [0.15, 0.2) is 59.3 Å². The topological polar surface area (TPSA) is 61.4 Å². The van der Waals surface area contributed by atoms with E-state index in [1.54, 1.807) is 0 Å². The third-order valence-corrected chi connectivity index (χ3v) is 4.65. The zero-order valence-corrected chi connectivity index (χ0v) is 14.1. The molecule has 0 aliphatic rings. The normalized spacial score (nSPS) is 12.0. The molecule has 24 heavy (non-hydrogen) atoms. The largest absolute Gasteiger partial charge is 0.387 e. The Kier molecular flexibility index (Phi) is 5.46. The fourth-order valence-electron chi connectivity index (χ4n) is 2.66. The molecule has 2 aromatic carbocycles. The van der Waals surface area contributed by atoms with Crippen molar-refractivity contribution in [1.82, 2.24) is 10.6 Å². The highest BCUT2D eigenvalue weighted by Gasteiger charge is 2.09. The first-order chi connectivity index (χ1) is 11.7. The lowest BCUT2D eigenvalue weighted by atomic mass is 10.0. The van der Waals surface area contributed by atoms with Gasteiger partial charge in [0, 0.05) is 13.1 Å². The first kappa shape index (κ1) is 16.5. The van der Waals surface area contributed by atoms with Crippen LogP contribution in [0.1, 0.15) is 17.2 Å². The number of thiophene rings is 1. The minimum Gasteiger partial charge on any atom is -0.387 e. The highest BCUT2D eigenvalue weighted by atomic mass is 32.1. The summed E-state index contributed by atoms with van der Waals surface area (Å²) in [6, 6.07) is 16.0. The van der Waals surface area contributed by atoms with E-state index in [9.17, 15) is 9.90 Å². The summed E-state index contributed by atoms with van der Waals surface area (Å²) >= 11 is 1.53. The minimum atomic E-state index is -0.667. The molecule has 1 aromatic heterocycles. The average Bonchev–Trinajstić information content (AvgIpc) is 3.14. The minimum absolute atomic E-state index is 0.205. The summed E-state index contributed by atoms with van der Waals surface area (Å²) in [5.41, 5.74) is 2.04. The van der Waals surface area contributed by atoms with Crippen molar-refractivity contribution < 1.29 is 9.90 Å². The van der Waals surface area contributed by atoms with E-state index >= 15 is 0 Å². The monoisotopic (exact) mass is 340 g/mol. The molecular weight excluding hydrogens is 320 g/mol. The Balaban J connectivity index is 1.46. The number of hydrogen-bond acceptors (Lipinski definition) is 3. The summed E-state index contributed by atoms with van der Waals surface area (Å²) in [4.78, 5) is 11.8. The molecule has 3 aromatic rings. The summed E-state index contributed by atoms with van der Waals surface area (Å²) in [5.74, 6) is 0. The molecule has 3 N–H and O–H groups in total. The van der Waals surface area contributed by atoms with E-state index in [1.807, 2.05) is 35.0 Å². The van der Waals surface area contributed by atoms with Gasteiger partial charge in [0.1, 0.15) is 0 Å². The molecule has 0 aliphatic carbocycles. The van der Waals surface area contributed by atoms with Gasteiger partial charge >= 0.3 is 6.03 Å². The summed E-state index contributed by atoms with van der Waals surface area (Å²) < 4.78 is 0. The quantitative estimate of drug-likeness (QED) is 0.643. The van der Waals surface area contributed by atoms with Gasteiger partial charge in [0.25, 0.3) is 0 Å². The van der Waals surface area contributed by atoms with Crippen LogP contribution in [0.3, 0.4) is 0 Å². The Hall–Kier alpha value is -2.37. The van der Waals surface area contributed by atoms with Crippen LogP contribution in [-0.4, -0.2) is 24.2 Å². The van der Waals surface area contributed by atoms with Crippen molar-refractivity contribution in [3.8, 4) is 0 Å². The molecule has 1 unspecified atom stereocenters. The summed E-state index contributed by atoms with van der Waals surface area (Å²) in [7, 11) is 0. The lowest BCUT2D eigenvalue weighted by Gasteiger charge is -2.12. The average molecular weight is 340 g/mol. The van der Waals surface area contributed by atoms with E-state index in [1.165, 1.54) is 27.7 Å². The van der Waals surface area contributed by atoms with E-state index in [4.69, 9.17) is 0 Å². The summed E-state index contributed by atoms with van der Waals surface area (Å²) in [5, 5.41) is 21.7. The second kappa shape index (κ2) is 7.95. The number of carbonyl (C=O) groups is 1. The molecule has 124 valence electrons. The van der Waals surface area contributed by atoms with Gasteiger partial charge in [0.2, 0.25) is 0 Å². The summed E-state index contributed by atoms with van der Waals surface area (Å²) in [6.45, 7) is 0.755. The van der Waals surface area contributed by atoms with Crippen LogP contribution in [0.25, 0.3) is 10.8 Å². The van der Waals surface area contributed by atoms with E-state index in [2.05, 4.69) is 34.9 Å². The molecule has 3 rings (SSSR count). The van der Waals surface area contributed by atoms with Crippen molar-refractivity contribution in [2.24, 2.45) is 0 Å². The van der Waals surface area contributed by atoms with E-state index in [-0.39, 0.29) is 12.6 Å². The highest BCUT2D eigenvalue weighted by Crippen LogP contribution is 2.18. The zero-order chi connectivity index (χ0) is 16.8. The molecule has 5 heteroatoms. The van der Waals surface area contributed by atoms with Crippen molar-refractivity contribution in [3.63, 3.8) is 0 Å². The fraction of sp³-hybridized carbons (Fsp3) is 0.211. The van der Waals surface area contributed by atoms with E-state index < -0.39 is 6.10 Å². The number of hydrogen-bond donors (Lipinski definition) is 3. The predicted octanol–water partition coefficient (Wildman–Crippen LogP) is 3.48. The van der Waals surface area contributed by atoms with Crippen LogP contribution >= 0.6 is 11.3 Å². The third-order valence-electron chi connectivity index (χ3n) is 3.94. The van der Waals surface area contributed by atoms with Gasteiger partial charge in [0.15, 0.2) is 0 Å². The van der Waals surface area contributed by atoms with Gasteiger partial charge in [-0.1, -0.05) is 42.5 Å². The second-order valence-corrected chi connectivity index (χ2v) is 6.38. The van der Waals surface area contributed by atoms with Crippen LogP contribution in [0.5, 0.6) is 0 Å². The van der Waals surface area contributed by atoms with Gasteiger partial charge in [-0.15, -0.1) is 0 Å². The van der Waals surface area contributed by atoms with Gasteiger partial charge in [-0.05, 0) is 45.1 Å². The lowest BCUT2D eigenvalue weighted by Crippen LogP contribution is -2.38. The maximum atomic E-state index is 11.8. The Morgan fingerprint density at radius 3 is 2.75 bits per heavy atom. The SMILES string of the molecule is O=C(NCCc1cccc2ccccc12)NCC(O)c1ccsc1. The number of aliphatic hydroxyl groups is 1. The first-order valence-electron chi connectivity index (χ1n) is 7.92. The van der Waals surface area contributed by atoms with Gasteiger partial charge in [-0.2, -0.15) is 11.3 Å². The van der Waals surface area contributed by atoms with Gasteiger partial charge < -0.3 is 15.7 Å². The molecule has 0 saturated carbocycles.